The second-order valence-electron chi connectivity index (χ2n) is 8.89. The van der Waals surface area contributed by atoms with Crippen molar-refractivity contribution < 1.29 is 23.9 Å². The quantitative estimate of drug-likeness (QED) is 0.360. The van der Waals surface area contributed by atoms with E-state index < -0.39 is 23.8 Å². The molecule has 5 N–H and O–H groups in total. The minimum absolute atomic E-state index is 0.0174. The van der Waals surface area contributed by atoms with Crippen molar-refractivity contribution in [1.29, 1.82) is 0 Å². The van der Waals surface area contributed by atoms with Gasteiger partial charge in [-0.15, -0.1) is 0 Å². The van der Waals surface area contributed by atoms with E-state index in [-0.39, 0.29) is 22.4 Å². The number of ether oxygens (including phenoxy) is 2. The molecule has 0 aliphatic carbocycles. The van der Waals surface area contributed by atoms with Crippen LogP contribution in [0.25, 0.3) is 0 Å². The number of nitrogens with two attached hydrogens (primary N) is 2. The second-order valence-corrected chi connectivity index (χ2v) is 9.66. The first-order valence-electron chi connectivity index (χ1n) is 12.3. The molecule has 0 unspecified atom stereocenters. The molecule has 1 aromatic heterocycles. The van der Waals surface area contributed by atoms with Gasteiger partial charge >= 0.3 is 0 Å². The van der Waals surface area contributed by atoms with Crippen molar-refractivity contribution in [3.8, 4) is 5.75 Å². The maximum Gasteiger partial charge on any atom is 0.273 e. The van der Waals surface area contributed by atoms with Crippen molar-refractivity contribution in [2.45, 2.75) is 38.3 Å². The number of benzene rings is 2. The van der Waals surface area contributed by atoms with Crippen LogP contribution in [0.4, 0.5) is 11.4 Å². The highest BCUT2D eigenvalue weighted by Gasteiger charge is 2.36. The van der Waals surface area contributed by atoms with E-state index >= 15 is 0 Å². The van der Waals surface area contributed by atoms with Gasteiger partial charge in [-0.2, -0.15) is 4.37 Å². The van der Waals surface area contributed by atoms with Crippen molar-refractivity contribution in [3.05, 3.63) is 70.2 Å². The molecule has 200 valence electrons. The lowest BCUT2D eigenvalue weighted by atomic mass is 10.0. The number of primary amides is 1. The van der Waals surface area contributed by atoms with Gasteiger partial charge in [0.05, 0.1) is 18.9 Å². The number of hydrogen-bond donors (Lipinski definition) is 3. The number of nitrogens with one attached hydrogen (secondary N) is 1. The number of hydrogen-bond acceptors (Lipinski definition) is 8. The first kappa shape index (κ1) is 27.1. The summed E-state index contributed by atoms with van der Waals surface area (Å²) in [5.74, 6) is -1.20. The van der Waals surface area contributed by atoms with Crippen LogP contribution in [0.2, 0.25) is 0 Å². The normalized spacial score (nSPS) is 15.6. The summed E-state index contributed by atoms with van der Waals surface area (Å²) in [6.07, 6.45) is 2.51. The smallest absolute Gasteiger partial charge is 0.273 e. The predicted octanol–water partition coefficient (Wildman–Crippen LogP) is 3.08. The predicted molar refractivity (Wildman–Crippen MR) is 145 cm³/mol. The Hall–Kier alpha value is -3.96. The van der Waals surface area contributed by atoms with Crippen LogP contribution < -0.4 is 26.4 Å². The Balaban J connectivity index is 1.80. The molecule has 2 atom stereocenters. The lowest BCUT2D eigenvalue weighted by molar-refractivity contribution is -0.123. The van der Waals surface area contributed by atoms with E-state index in [1.807, 2.05) is 19.1 Å². The zero-order chi connectivity index (χ0) is 27.2. The van der Waals surface area contributed by atoms with Crippen molar-refractivity contribution in [3.63, 3.8) is 0 Å². The Kier molecular flexibility index (Phi) is 8.59. The Morgan fingerprint density at radius 2 is 1.89 bits per heavy atom. The maximum atomic E-state index is 14.1. The van der Waals surface area contributed by atoms with Crippen LogP contribution in [0.15, 0.2) is 48.5 Å². The first-order valence-corrected chi connectivity index (χ1v) is 13.1. The molecule has 3 amide bonds. The van der Waals surface area contributed by atoms with Gasteiger partial charge in [-0.3, -0.25) is 19.3 Å². The zero-order valence-corrected chi connectivity index (χ0v) is 22.1. The molecule has 1 fully saturated rings. The third-order valence-corrected chi connectivity index (χ3v) is 7.31. The fourth-order valence-electron chi connectivity index (χ4n) is 4.33. The maximum absolute atomic E-state index is 14.1. The van der Waals surface area contributed by atoms with E-state index in [1.165, 1.54) is 4.90 Å². The number of carbonyl (C=O) groups excluding carboxylic acids is 3. The lowest BCUT2D eigenvalue weighted by Crippen LogP contribution is -2.45. The first-order chi connectivity index (χ1) is 18.3. The SMILES string of the molecule is CCc1ccc(N(C(=O)c2snc(C(N)=O)c2N)[C@@H](C(=O)NC[C@@H]2CCCO2)c2ccc(OC)cc2)cc1. The third-order valence-electron chi connectivity index (χ3n) is 6.46. The van der Waals surface area contributed by atoms with Gasteiger partial charge in [0.1, 0.15) is 16.7 Å². The molecule has 1 saturated heterocycles. The summed E-state index contributed by atoms with van der Waals surface area (Å²) < 4.78 is 14.9. The van der Waals surface area contributed by atoms with E-state index in [1.54, 1.807) is 43.5 Å². The van der Waals surface area contributed by atoms with Gasteiger partial charge in [0.25, 0.3) is 11.8 Å². The molecule has 0 radical (unpaired) electrons. The molecular formula is C27H31N5O5S. The number of methoxy groups -OCH3 is 1. The average Bonchev–Trinajstić information content (AvgIpc) is 3.60. The summed E-state index contributed by atoms with van der Waals surface area (Å²) >= 11 is 0.769. The lowest BCUT2D eigenvalue weighted by Gasteiger charge is -2.31. The highest BCUT2D eigenvalue weighted by Crippen LogP contribution is 2.34. The van der Waals surface area contributed by atoms with Gasteiger partial charge in [0.2, 0.25) is 5.91 Å². The molecule has 2 aromatic carbocycles. The van der Waals surface area contributed by atoms with Crippen molar-refractivity contribution in [1.82, 2.24) is 9.69 Å². The molecular weight excluding hydrogens is 506 g/mol. The number of rotatable bonds is 10. The van der Waals surface area contributed by atoms with Crippen LogP contribution >= 0.6 is 11.5 Å². The molecule has 2 heterocycles. The number of anilines is 2. The molecule has 0 saturated carbocycles. The van der Waals surface area contributed by atoms with Crippen LogP contribution in [0.1, 0.15) is 57.1 Å². The number of nitrogens with zero attached hydrogens (tertiary/aromatic N) is 2. The summed E-state index contributed by atoms with van der Waals surface area (Å²) in [6.45, 7) is 3.00. The Bertz CT molecular complexity index is 1290. The fraction of sp³-hybridized carbons (Fsp3) is 0.333. The minimum Gasteiger partial charge on any atom is -0.497 e. The zero-order valence-electron chi connectivity index (χ0n) is 21.3. The van der Waals surface area contributed by atoms with Crippen molar-refractivity contribution in [2.24, 2.45) is 5.73 Å². The topological polar surface area (TPSA) is 150 Å². The number of amides is 3. The molecule has 3 aromatic rings. The van der Waals surface area contributed by atoms with Crippen LogP contribution in [0.3, 0.4) is 0 Å². The molecule has 10 nitrogen and oxygen atoms in total. The number of aryl methyl sites for hydroxylation is 1. The van der Waals surface area contributed by atoms with Gasteiger partial charge in [-0.05, 0) is 66.2 Å². The van der Waals surface area contributed by atoms with E-state index in [0.717, 1.165) is 36.4 Å². The standard InChI is InChI=1S/C27H31N5O5S/c1-3-16-6-10-18(11-7-16)32(27(35)24-21(28)22(25(29)33)31-38-24)23(17-8-12-19(36-2)13-9-17)26(34)30-15-20-5-4-14-37-20/h6-13,20,23H,3-5,14-15,28H2,1-2H3,(H2,29,33)(H,30,34)/t20-,23+/m0/s1. The van der Waals surface area contributed by atoms with E-state index in [4.69, 9.17) is 20.9 Å². The van der Waals surface area contributed by atoms with Crippen LogP contribution in [-0.2, 0) is 16.0 Å². The fourth-order valence-corrected chi connectivity index (χ4v) is 5.08. The molecule has 11 heteroatoms. The summed E-state index contributed by atoms with van der Waals surface area (Å²) in [7, 11) is 1.55. The van der Waals surface area contributed by atoms with E-state index in [2.05, 4.69) is 9.69 Å². The molecule has 1 aliphatic heterocycles. The van der Waals surface area contributed by atoms with Gasteiger partial charge in [-0.1, -0.05) is 31.2 Å². The highest BCUT2D eigenvalue weighted by atomic mass is 32.1. The average molecular weight is 538 g/mol. The summed E-state index contributed by atoms with van der Waals surface area (Å²) in [4.78, 5) is 41.1. The second kappa shape index (κ2) is 12.1. The monoisotopic (exact) mass is 537 g/mol. The minimum atomic E-state index is -1.07. The van der Waals surface area contributed by atoms with Crippen LogP contribution in [0.5, 0.6) is 5.75 Å². The summed E-state index contributed by atoms with van der Waals surface area (Å²) in [5, 5.41) is 2.96. The number of aromatic nitrogens is 1. The molecule has 4 rings (SSSR count). The van der Waals surface area contributed by atoms with Gasteiger partial charge in [0, 0.05) is 18.8 Å². The van der Waals surface area contributed by atoms with E-state index in [9.17, 15) is 14.4 Å². The molecule has 38 heavy (non-hydrogen) atoms. The Morgan fingerprint density at radius 1 is 1.18 bits per heavy atom. The van der Waals surface area contributed by atoms with Gasteiger partial charge < -0.3 is 26.3 Å². The van der Waals surface area contributed by atoms with Crippen LogP contribution in [-0.4, -0.2) is 48.5 Å². The molecule has 0 spiro atoms. The van der Waals surface area contributed by atoms with Gasteiger partial charge in [0.15, 0.2) is 5.69 Å². The van der Waals surface area contributed by atoms with E-state index in [0.29, 0.717) is 30.2 Å². The number of nitrogen functional groups attached to an aromatic ring is 1. The molecule has 0 bridgehead atoms. The largest absolute Gasteiger partial charge is 0.497 e. The van der Waals surface area contributed by atoms with Crippen molar-refractivity contribution in [2.75, 3.05) is 30.9 Å². The van der Waals surface area contributed by atoms with Gasteiger partial charge in [-0.25, -0.2) is 0 Å². The number of carbonyl (C=O) groups is 3. The Morgan fingerprint density at radius 3 is 2.45 bits per heavy atom. The third kappa shape index (κ3) is 5.79. The summed E-state index contributed by atoms with van der Waals surface area (Å²) in [6, 6.07) is 13.2. The highest BCUT2D eigenvalue weighted by molar-refractivity contribution is 7.09. The van der Waals surface area contributed by atoms with Crippen molar-refractivity contribution >= 4 is 40.6 Å². The summed E-state index contributed by atoms with van der Waals surface area (Å²) in [5.41, 5.74) is 13.3. The molecule has 1 aliphatic rings. The van der Waals surface area contributed by atoms with Crippen LogP contribution in [0, 0.1) is 0 Å². The Labute approximate surface area is 225 Å².